The normalized spacial score (nSPS) is 12.8. The number of nitrogens with two attached hydrogens (primary N) is 1. The van der Waals surface area contributed by atoms with Gasteiger partial charge in [-0.05, 0) is 28.9 Å². The van der Waals surface area contributed by atoms with Crippen LogP contribution in [0.25, 0.3) is 0 Å². The van der Waals surface area contributed by atoms with Crippen molar-refractivity contribution in [2.24, 2.45) is 5.73 Å². The van der Waals surface area contributed by atoms with Gasteiger partial charge in [0.05, 0.1) is 10.7 Å². The molecular weight excluding hydrogens is 238 g/mol. The van der Waals surface area contributed by atoms with E-state index in [4.69, 9.17) is 10.8 Å². The molecule has 0 aliphatic heterocycles. The monoisotopic (exact) mass is 247 g/mol. The van der Waals surface area contributed by atoms with Gasteiger partial charge in [-0.25, -0.2) is 4.79 Å². The Hall–Kier alpha value is -0.880. The number of carboxylic acid groups (broad SMARTS) is 1. The Morgan fingerprint density at radius 3 is 2.92 bits per heavy atom. The number of hydrogen-bond donors (Lipinski definition) is 2. The van der Waals surface area contributed by atoms with E-state index in [0.29, 0.717) is 13.0 Å². The summed E-state index contributed by atoms with van der Waals surface area (Å²) in [6.07, 6.45) is 3.55. The molecule has 1 unspecified atom stereocenters. The minimum atomic E-state index is -0.916. The molecule has 0 aliphatic carbocycles. The molecule has 0 amide bonds. The number of carbonyl (C=O) groups is 1. The molecule has 1 aromatic rings. The van der Waals surface area contributed by atoms with Crippen LogP contribution in [-0.4, -0.2) is 27.4 Å². The van der Waals surface area contributed by atoms with Gasteiger partial charge in [0.25, 0.3) is 0 Å². The van der Waals surface area contributed by atoms with E-state index >= 15 is 0 Å². The van der Waals surface area contributed by atoms with Gasteiger partial charge >= 0.3 is 5.97 Å². The van der Waals surface area contributed by atoms with Gasteiger partial charge < -0.3 is 10.8 Å². The second-order valence-corrected chi connectivity index (χ2v) is 3.49. The third-order valence-electron chi connectivity index (χ3n) is 1.61. The van der Waals surface area contributed by atoms with Crippen molar-refractivity contribution in [1.29, 1.82) is 0 Å². The molecule has 0 spiro atoms. The SMILES string of the molecule is NCCC(C(=O)O)n1cc(Br)cn1. The van der Waals surface area contributed by atoms with Crippen LogP contribution in [0, 0.1) is 0 Å². The average molecular weight is 248 g/mol. The summed E-state index contributed by atoms with van der Waals surface area (Å²) < 4.78 is 2.15. The summed E-state index contributed by atoms with van der Waals surface area (Å²) >= 11 is 3.19. The van der Waals surface area contributed by atoms with Crippen LogP contribution in [0.2, 0.25) is 0 Å². The molecule has 0 radical (unpaired) electrons. The topological polar surface area (TPSA) is 81.1 Å². The molecule has 1 heterocycles. The van der Waals surface area contributed by atoms with E-state index in [1.807, 2.05) is 0 Å². The third kappa shape index (κ3) is 2.53. The van der Waals surface area contributed by atoms with Crippen LogP contribution >= 0.6 is 15.9 Å². The summed E-state index contributed by atoms with van der Waals surface area (Å²) in [4.78, 5) is 10.8. The Morgan fingerprint density at radius 1 is 1.85 bits per heavy atom. The molecule has 13 heavy (non-hydrogen) atoms. The predicted molar refractivity (Wildman–Crippen MR) is 50.3 cm³/mol. The van der Waals surface area contributed by atoms with E-state index in [0.717, 1.165) is 4.47 Å². The van der Waals surface area contributed by atoms with E-state index in [2.05, 4.69) is 21.0 Å². The highest BCUT2D eigenvalue weighted by molar-refractivity contribution is 9.10. The van der Waals surface area contributed by atoms with Crippen molar-refractivity contribution >= 4 is 21.9 Å². The van der Waals surface area contributed by atoms with Gasteiger partial charge in [-0.1, -0.05) is 0 Å². The maximum absolute atomic E-state index is 10.8. The molecule has 1 rings (SSSR count). The number of carboxylic acids is 1. The van der Waals surface area contributed by atoms with Crippen molar-refractivity contribution in [1.82, 2.24) is 9.78 Å². The lowest BCUT2D eigenvalue weighted by atomic mass is 10.2. The van der Waals surface area contributed by atoms with Crippen LogP contribution < -0.4 is 5.73 Å². The predicted octanol–water partition coefficient (Wildman–Crippen LogP) is 0.620. The van der Waals surface area contributed by atoms with Crippen LogP contribution in [0.4, 0.5) is 0 Å². The van der Waals surface area contributed by atoms with Crippen LogP contribution in [0.15, 0.2) is 16.9 Å². The number of aliphatic carboxylic acids is 1. The Labute approximate surface area is 83.7 Å². The zero-order valence-corrected chi connectivity index (χ0v) is 8.44. The number of nitrogens with zero attached hydrogens (tertiary/aromatic N) is 2. The Morgan fingerprint density at radius 2 is 2.54 bits per heavy atom. The quantitative estimate of drug-likeness (QED) is 0.818. The lowest BCUT2D eigenvalue weighted by Crippen LogP contribution is -2.22. The van der Waals surface area contributed by atoms with Gasteiger partial charge in [0, 0.05) is 6.20 Å². The van der Waals surface area contributed by atoms with E-state index in [1.165, 1.54) is 4.68 Å². The third-order valence-corrected chi connectivity index (χ3v) is 2.02. The molecule has 72 valence electrons. The van der Waals surface area contributed by atoms with Gasteiger partial charge in [-0.15, -0.1) is 0 Å². The molecular formula is C7H10BrN3O2. The minimum absolute atomic E-state index is 0.328. The smallest absolute Gasteiger partial charge is 0.328 e. The molecule has 1 atom stereocenters. The molecule has 0 aromatic carbocycles. The van der Waals surface area contributed by atoms with E-state index in [9.17, 15) is 4.79 Å². The molecule has 3 N–H and O–H groups in total. The van der Waals surface area contributed by atoms with Crippen LogP contribution in [0.5, 0.6) is 0 Å². The summed E-state index contributed by atoms with van der Waals surface area (Å²) in [7, 11) is 0. The number of hydrogen-bond acceptors (Lipinski definition) is 3. The maximum atomic E-state index is 10.8. The van der Waals surface area contributed by atoms with E-state index in [1.54, 1.807) is 12.4 Å². The molecule has 0 aliphatic rings. The largest absolute Gasteiger partial charge is 0.480 e. The van der Waals surface area contributed by atoms with Crippen LogP contribution in [0.1, 0.15) is 12.5 Å². The summed E-state index contributed by atoms with van der Waals surface area (Å²) in [6.45, 7) is 0.328. The summed E-state index contributed by atoms with van der Waals surface area (Å²) in [6, 6.07) is -0.670. The first-order valence-electron chi connectivity index (χ1n) is 3.77. The van der Waals surface area contributed by atoms with Gasteiger partial charge in [-0.3, -0.25) is 4.68 Å². The first-order valence-corrected chi connectivity index (χ1v) is 4.57. The first-order chi connectivity index (χ1) is 6.15. The lowest BCUT2D eigenvalue weighted by Gasteiger charge is -2.10. The molecule has 1 aromatic heterocycles. The second-order valence-electron chi connectivity index (χ2n) is 2.57. The van der Waals surface area contributed by atoms with Crippen molar-refractivity contribution in [3.8, 4) is 0 Å². The number of halogens is 1. The zero-order valence-electron chi connectivity index (χ0n) is 6.85. The minimum Gasteiger partial charge on any atom is -0.480 e. The Balaban J connectivity index is 2.81. The van der Waals surface area contributed by atoms with E-state index < -0.39 is 12.0 Å². The fourth-order valence-corrected chi connectivity index (χ4v) is 1.31. The van der Waals surface area contributed by atoms with Crippen molar-refractivity contribution in [3.05, 3.63) is 16.9 Å². The highest BCUT2D eigenvalue weighted by Crippen LogP contribution is 2.14. The lowest BCUT2D eigenvalue weighted by molar-refractivity contribution is -0.141. The van der Waals surface area contributed by atoms with Gasteiger partial charge in [0.1, 0.15) is 0 Å². The van der Waals surface area contributed by atoms with Crippen molar-refractivity contribution in [3.63, 3.8) is 0 Å². The Kier molecular flexibility index (Phi) is 3.44. The van der Waals surface area contributed by atoms with Crippen molar-refractivity contribution < 1.29 is 9.90 Å². The highest BCUT2D eigenvalue weighted by atomic mass is 79.9. The van der Waals surface area contributed by atoms with E-state index in [-0.39, 0.29) is 0 Å². The summed E-state index contributed by atoms with van der Waals surface area (Å²) in [5.74, 6) is -0.916. The zero-order chi connectivity index (χ0) is 9.84. The first kappa shape index (κ1) is 10.2. The van der Waals surface area contributed by atoms with Gasteiger partial charge in [0.15, 0.2) is 6.04 Å². The summed E-state index contributed by atoms with van der Waals surface area (Å²) in [5, 5.41) is 12.7. The van der Waals surface area contributed by atoms with Gasteiger partial charge in [0.2, 0.25) is 0 Å². The molecule has 6 heteroatoms. The average Bonchev–Trinajstić information content (AvgIpc) is 2.46. The van der Waals surface area contributed by atoms with Crippen molar-refractivity contribution in [2.75, 3.05) is 6.54 Å². The molecule has 0 saturated heterocycles. The standard InChI is InChI=1S/C7H10BrN3O2/c8-5-3-10-11(4-5)6(1-2-9)7(12)13/h3-4,6H,1-2,9H2,(H,12,13). The van der Waals surface area contributed by atoms with Crippen LogP contribution in [-0.2, 0) is 4.79 Å². The number of rotatable bonds is 4. The second kappa shape index (κ2) is 4.38. The number of aromatic nitrogens is 2. The Bertz CT molecular complexity index is 300. The molecule has 0 bridgehead atoms. The molecule has 0 fully saturated rings. The summed E-state index contributed by atoms with van der Waals surface area (Å²) in [5.41, 5.74) is 5.30. The maximum Gasteiger partial charge on any atom is 0.328 e. The van der Waals surface area contributed by atoms with Crippen molar-refractivity contribution in [2.45, 2.75) is 12.5 Å². The molecule has 0 saturated carbocycles. The fraction of sp³-hybridized carbons (Fsp3) is 0.429. The molecule has 5 nitrogen and oxygen atoms in total. The fourth-order valence-electron chi connectivity index (χ4n) is 1.01. The van der Waals surface area contributed by atoms with Crippen LogP contribution in [0.3, 0.4) is 0 Å². The highest BCUT2D eigenvalue weighted by Gasteiger charge is 2.18. The van der Waals surface area contributed by atoms with Gasteiger partial charge in [-0.2, -0.15) is 5.10 Å².